The smallest absolute Gasteiger partial charge is 0.276 e. The third-order valence-corrected chi connectivity index (χ3v) is 2.97. The summed E-state index contributed by atoms with van der Waals surface area (Å²) in [6, 6.07) is 13.7. The molecule has 0 aromatic heterocycles. The van der Waals surface area contributed by atoms with E-state index in [9.17, 15) is 14.0 Å². The van der Waals surface area contributed by atoms with Crippen molar-refractivity contribution in [2.75, 3.05) is 6.61 Å². The van der Waals surface area contributed by atoms with Crippen LogP contribution in [0, 0.1) is 5.82 Å². The van der Waals surface area contributed by atoms with Crippen LogP contribution in [0.2, 0.25) is 0 Å². The number of hydrogen-bond donors (Lipinski definition) is 3. The molecule has 0 aliphatic rings. The highest BCUT2D eigenvalue weighted by Gasteiger charge is 2.08. The first-order valence-corrected chi connectivity index (χ1v) is 7.29. The summed E-state index contributed by atoms with van der Waals surface area (Å²) in [5.74, 6) is -0.958. The molecule has 3 N–H and O–H groups in total. The Kier molecular flexibility index (Phi) is 6.21. The summed E-state index contributed by atoms with van der Waals surface area (Å²) in [6.45, 7) is -0.298. The second-order valence-corrected chi connectivity index (χ2v) is 4.97. The minimum Gasteiger partial charge on any atom is -0.484 e. The third kappa shape index (κ3) is 5.65. The molecule has 0 saturated carbocycles. The van der Waals surface area contributed by atoms with Gasteiger partial charge in [-0.15, -0.1) is 0 Å². The Morgan fingerprint density at radius 1 is 1.00 bits per heavy atom. The van der Waals surface area contributed by atoms with Crippen LogP contribution < -0.4 is 20.9 Å². The Morgan fingerprint density at radius 3 is 2.33 bits per heavy atom. The van der Waals surface area contributed by atoms with Crippen molar-refractivity contribution in [1.29, 1.82) is 0 Å². The molecule has 2 aromatic rings. The van der Waals surface area contributed by atoms with Crippen LogP contribution in [0.15, 0.2) is 54.6 Å². The molecule has 2 rings (SSSR count). The number of amides is 2. The minimum atomic E-state index is -0.518. The fraction of sp³-hybridized carbons (Fsp3) is 0.0625. The molecule has 0 unspecified atom stereocenters. The van der Waals surface area contributed by atoms with Crippen LogP contribution in [0.3, 0.4) is 0 Å². The average Bonchev–Trinajstić information content (AvgIpc) is 2.60. The van der Waals surface area contributed by atoms with E-state index in [-0.39, 0.29) is 11.7 Å². The zero-order valence-electron chi connectivity index (χ0n) is 12.4. The van der Waals surface area contributed by atoms with Crippen molar-refractivity contribution >= 4 is 29.1 Å². The van der Waals surface area contributed by atoms with Gasteiger partial charge in [-0.25, -0.2) is 4.39 Å². The Labute approximate surface area is 143 Å². The molecule has 0 heterocycles. The minimum absolute atomic E-state index is 0.0565. The van der Waals surface area contributed by atoms with E-state index in [4.69, 9.17) is 17.0 Å². The van der Waals surface area contributed by atoms with E-state index in [0.29, 0.717) is 11.3 Å². The van der Waals surface area contributed by atoms with Gasteiger partial charge >= 0.3 is 0 Å². The van der Waals surface area contributed by atoms with Crippen LogP contribution in [0.1, 0.15) is 10.4 Å². The Balaban J connectivity index is 1.70. The molecule has 0 bridgehead atoms. The van der Waals surface area contributed by atoms with Crippen LogP contribution in [0.4, 0.5) is 4.39 Å². The SMILES string of the molecule is O=C(COc1ccc(F)cc1)NNC(=S)NC(=O)c1ccccc1. The molecule has 2 amide bonds. The van der Waals surface area contributed by atoms with Gasteiger partial charge in [0.15, 0.2) is 11.7 Å². The Hall–Kier alpha value is -3.00. The molecular formula is C16H14FN3O3S. The highest BCUT2D eigenvalue weighted by Crippen LogP contribution is 2.10. The molecule has 0 aliphatic carbocycles. The van der Waals surface area contributed by atoms with E-state index >= 15 is 0 Å². The molecule has 0 aliphatic heterocycles. The number of carbonyl (C=O) groups excluding carboxylic acids is 2. The maximum Gasteiger partial charge on any atom is 0.276 e. The summed E-state index contributed by atoms with van der Waals surface area (Å²) in [4.78, 5) is 23.4. The van der Waals surface area contributed by atoms with Crippen molar-refractivity contribution in [1.82, 2.24) is 16.2 Å². The molecule has 0 spiro atoms. The largest absolute Gasteiger partial charge is 0.484 e. The number of carbonyl (C=O) groups is 2. The number of rotatable bonds is 4. The zero-order chi connectivity index (χ0) is 17.4. The molecule has 0 fully saturated rings. The maximum atomic E-state index is 12.7. The van der Waals surface area contributed by atoms with E-state index in [2.05, 4.69) is 16.2 Å². The van der Waals surface area contributed by atoms with Gasteiger partial charge in [0.05, 0.1) is 0 Å². The Morgan fingerprint density at radius 2 is 1.67 bits per heavy atom. The standard InChI is InChI=1S/C16H14FN3O3S/c17-12-6-8-13(9-7-12)23-10-14(21)19-20-16(24)18-15(22)11-4-2-1-3-5-11/h1-9H,10H2,(H,19,21)(H2,18,20,22,24). The second kappa shape index (κ2) is 8.59. The number of thiocarbonyl (C=S) groups is 1. The van der Waals surface area contributed by atoms with Crippen LogP contribution in [0.5, 0.6) is 5.75 Å². The molecule has 124 valence electrons. The van der Waals surface area contributed by atoms with E-state index < -0.39 is 17.6 Å². The lowest BCUT2D eigenvalue weighted by Gasteiger charge is -2.11. The van der Waals surface area contributed by atoms with Crippen molar-refractivity contribution in [2.45, 2.75) is 0 Å². The predicted octanol–water partition coefficient (Wildman–Crippen LogP) is 1.54. The molecule has 0 radical (unpaired) electrons. The van der Waals surface area contributed by atoms with Gasteiger partial charge in [-0.05, 0) is 48.6 Å². The summed E-state index contributed by atoms with van der Waals surface area (Å²) in [5.41, 5.74) is 5.10. The lowest BCUT2D eigenvalue weighted by molar-refractivity contribution is -0.123. The molecule has 24 heavy (non-hydrogen) atoms. The van der Waals surface area contributed by atoms with Crippen molar-refractivity contribution in [3.05, 3.63) is 66.0 Å². The van der Waals surface area contributed by atoms with Gasteiger partial charge in [0.2, 0.25) is 0 Å². The number of nitrogens with one attached hydrogen (secondary N) is 3. The summed E-state index contributed by atoms with van der Waals surface area (Å²) >= 11 is 4.90. The van der Waals surface area contributed by atoms with E-state index in [1.807, 2.05) is 0 Å². The second-order valence-electron chi connectivity index (χ2n) is 4.57. The summed E-state index contributed by atoms with van der Waals surface area (Å²) in [5, 5.41) is 2.36. The van der Waals surface area contributed by atoms with Gasteiger partial charge in [0, 0.05) is 5.56 Å². The molecular weight excluding hydrogens is 333 g/mol. The zero-order valence-corrected chi connectivity index (χ0v) is 13.2. The van der Waals surface area contributed by atoms with Crippen molar-refractivity contribution < 1.29 is 18.7 Å². The predicted molar refractivity (Wildman–Crippen MR) is 89.7 cm³/mol. The van der Waals surface area contributed by atoms with Crippen LogP contribution >= 0.6 is 12.2 Å². The molecule has 0 saturated heterocycles. The van der Waals surface area contributed by atoms with Gasteiger partial charge in [-0.3, -0.25) is 25.8 Å². The summed E-state index contributed by atoms with van der Waals surface area (Å²) < 4.78 is 17.9. The van der Waals surface area contributed by atoms with Gasteiger partial charge in [0.1, 0.15) is 11.6 Å². The van der Waals surface area contributed by atoms with E-state index in [1.165, 1.54) is 24.3 Å². The lowest BCUT2D eigenvalue weighted by Crippen LogP contribution is -2.49. The lowest BCUT2D eigenvalue weighted by atomic mass is 10.2. The third-order valence-electron chi connectivity index (χ3n) is 2.76. The summed E-state index contributed by atoms with van der Waals surface area (Å²) in [6.07, 6.45) is 0. The normalized spacial score (nSPS) is 9.71. The first kappa shape index (κ1) is 17.4. The fourth-order valence-corrected chi connectivity index (χ4v) is 1.78. The molecule has 2 aromatic carbocycles. The van der Waals surface area contributed by atoms with E-state index in [0.717, 1.165) is 0 Å². The number of halogens is 1. The van der Waals surface area contributed by atoms with Gasteiger partial charge in [-0.2, -0.15) is 0 Å². The highest BCUT2D eigenvalue weighted by atomic mass is 32.1. The highest BCUT2D eigenvalue weighted by molar-refractivity contribution is 7.80. The molecule has 0 atom stereocenters. The molecule has 8 heteroatoms. The van der Waals surface area contributed by atoms with Crippen LogP contribution in [0.25, 0.3) is 0 Å². The maximum absolute atomic E-state index is 12.7. The first-order valence-electron chi connectivity index (χ1n) is 6.88. The summed E-state index contributed by atoms with van der Waals surface area (Å²) in [7, 11) is 0. The van der Waals surface area contributed by atoms with Gasteiger partial charge < -0.3 is 4.74 Å². The topological polar surface area (TPSA) is 79.5 Å². The first-order chi connectivity index (χ1) is 11.5. The van der Waals surface area contributed by atoms with E-state index in [1.54, 1.807) is 30.3 Å². The molecule has 6 nitrogen and oxygen atoms in total. The van der Waals surface area contributed by atoms with Crippen LogP contribution in [-0.2, 0) is 4.79 Å². The van der Waals surface area contributed by atoms with Gasteiger partial charge in [-0.1, -0.05) is 18.2 Å². The monoisotopic (exact) mass is 347 g/mol. The number of hydrogen-bond acceptors (Lipinski definition) is 4. The number of benzene rings is 2. The Bertz CT molecular complexity index is 723. The number of hydrazine groups is 1. The fourth-order valence-electron chi connectivity index (χ4n) is 1.64. The van der Waals surface area contributed by atoms with Crippen molar-refractivity contribution in [3.8, 4) is 5.75 Å². The van der Waals surface area contributed by atoms with Crippen molar-refractivity contribution in [3.63, 3.8) is 0 Å². The average molecular weight is 347 g/mol. The van der Waals surface area contributed by atoms with Crippen LogP contribution in [-0.4, -0.2) is 23.5 Å². The van der Waals surface area contributed by atoms with Gasteiger partial charge in [0.25, 0.3) is 11.8 Å². The quantitative estimate of drug-likeness (QED) is 0.578. The number of ether oxygens (including phenoxy) is 1. The van der Waals surface area contributed by atoms with Crippen molar-refractivity contribution in [2.24, 2.45) is 0 Å².